The molecule has 3 rings (SSSR count). The van der Waals surface area contributed by atoms with Crippen LogP contribution in [0.5, 0.6) is 0 Å². The smallest absolute Gasteiger partial charge is 0.248 e. The Morgan fingerprint density at radius 1 is 1.50 bits per heavy atom. The maximum atomic E-state index is 13.3. The first-order chi connectivity index (χ1) is 13.5. The van der Waals surface area contributed by atoms with Gasteiger partial charge < -0.3 is 10.2 Å². The highest BCUT2D eigenvalue weighted by molar-refractivity contribution is 5.97. The largest absolute Gasteiger partial charge is 0.330 e. The summed E-state index contributed by atoms with van der Waals surface area (Å²) in [6.45, 7) is 2.50. The molecule has 2 heterocycles. The molecule has 3 amide bonds. The van der Waals surface area contributed by atoms with E-state index in [1.165, 1.54) is 6.33 Å². The third-order valence-electron chi connectivity index (χ3n) is 5.67. The number of rotatable bonds is 9. The monoisotopic (exact) mass is 389 g/mol. The van der Waals surface area contributed by atoms with Crippen LogP contribution in [0.25, 0.3) is 0 Å². The Bertz CT molecular complexity index is 710. The van der Waals surface area contributed by atoms with Gasteiger partial charge in [-0.15, -0.1) is 0 Å². The van der Waals surface area contributed by atoms with Crippen LogP contribution in [0, 0.1) is 11.3 Å². The molecule has 2 atom stereocenters. The number of hydrogen-bond donors (Lipinski definition) is 2. The van der Waals surface area contributed by atoms with E-state index in [2.05, 4.69) is 15.3 Å². The average molecular weight is 389 g/mol. The quantitative estimate of drug-likeness (QED) is 0.375. The van der Waals surface area contributed by atoms with Crippen LogP contribution in [-0.4, -0.2) is 62.5 Å². The maximum absolute atomic E-state index is 13.3. The van der Waals surface area contributed by atoms with Crippen molar-refractivity contribution >= 4 is 24.0 Å². The fourth-order valence-electron chi connectivity index (χ4n) is 3.88. The zero-order valence-electron chi connectivity index (χ0n) is 16.1. The van der Waals surface area contributed by atoms with E-state index in [4.69, 9.17) is 0 Å². The summed E-state index contributed by atoms with van der Waals surface area (Å²) in [7, 11) is 0. The first kappa shape index (κ1) is 20.2. The van der Waals surface area contributed by atoms with Crippen molar-refractivity contribution in [2.75, 3.05) is 18.4 Å². The van der Waals surface area contributed by atoms with Gasteiger partial charge in [-0.3, -0.25) is 19.6 Å². The lowest BCUT2D eigenvalue weighted by Crippen LogP contribution is -2.47. The summed E-state index contributed by atoms with van der Waals surface area (Å²) in [6.07, 6.45) is 8.11. The number of nitrogens with zero attached hydrogens (tertiary/aromatic N) is 4. The van der Waals surface area contributed by atoms with Gasteiger partial charge in [0.15, 0.2) is 0 Å². The normalized spacial score (nSPS) is 20.6. The molecule has 1 aliphatic carbocycles. The van der Waals surface area contributed by atoms with Gasteiger partial charge in [-0.25, -0.2) is 15.0 Å². The number of likely N-dealkylation sites (tertiary alicyclic amines) is 1. The van der Waals surface area contributed by atoms with Crippen molar-refractivity contribution in [2.45, 2.75) is 51.5 Å². The van der Waals surface area contributed by atoms with Crippen LogP contribution < -0.4 is 5.32 Å². The lowest BCUT2D eigenvalue weighted by atomic mass is 9.99. The van der Waals surface area contributed by atoms with Gasteiger partial charge >= 0.3 is 0 Å². The molecule has 1 saturated heterocycles. The van der Waals surface area contributed by atoms with E-state index >= 15 is 0 Å². The molecule has 1 aromatic rings. The lowest BCUT2D eigenvalue weighted by molar-refractivity contribution is -0.157. The van der Waals surface area contributed by atoms with Gasteiger partial charge in [0.1, 0.15) is 18.2 Å². The number of nitrogens with one attached hydrogen (secondary N) is 1. The molecule has 0 bridgehead atoms. The Kier molecular flexibility index (Phi) is 6.23. The molecule has 9 heteroatoms. The Labute approximate surface area is 164 Å². The number of amides is 3. The van der Waals surface area contributed by atoms with E-state index in [1.54, 1.807) is 17.2 Å². The highest BCUT2D eigenvalue weighted by Gasteiger charge is 2.55. The van der Waals surface area contributed by atoms with Crippen LogP contribution in [0.1, 0.15) is 45.4 Å². The molecule has 0 radical (unpaired) electrons. The van der Waals surface area contributed by atoms with E-state index in [0.29, 0.717) is 36.7 Å². The van der Waals surface area contributed by atoms with Gasteiger partial charge in [0, 0.05) is 12.7 Å². The minimum absolute atomic E-state index is 0.0300. The number of hydrogen-bond acceptors (Lipinski definition) is 6. The second-order valence-corrected chi connectivity index (χ2v) is 7.84. The molecule has 1 aliphatic heterocycles. The van der Waals surface area contributed by atoms with Crippen LogP contribution in [0.15, 0.2) is 18.6 Å². The second-order valence-electron chi connectivity index (χ2n) is 7.84. The molecule has 1 unspecified atom stereocenters. The summed E-state index contributed by atoms with van der Waals surface area (Å²) in [5, 5.41) is 12.9. The van der Waals surface area contributed by atoms with Crippen molar-refractivity contribution in [1.82, 2.24) is 19.9 Å². The van der Waals surface area contributed by atoms with Crippen LogP contribution in [0.2, 0.25) is 0 Å². The summed E-state index contributed by atoms with van der Waals surface area (Å²) in [4.78, 5) is 46.4. The van der Waals surface area contributed by atoms with Crippen LogP contribution >= 0.6 is 0 Å². The molecular weight excluding hydrogens is 362 g/mol. The summed E-state index contributed by atoms with van der Waals surface area (Å²) in [5.74, 6) is -0.574. The van der Waals surface area contributed by atoms with Crippen molar-refractivity contribution in [3.8, 4) is 0 Å². The molecule has 2 aliphatic rings. The molecular formula is C19H27N5O4. The predicted molar refractivity (Wildman–Crippen MR) is 100 cm³/mol. The molecule has 1 aromatic heterocycles. The number of carbonyl (C=O) groups is 3. The van der Waals surface area contributed by atoms with Crippen molar-refractivity contribution in [1.29, 1.82) is 0 Å². The van der Waals surface area contributed by atoms with Gasteiger partial charge in [-0.2, -0.15) is 0 Å². The van der Waals surface area contributed by atoms with Gasteiger partial charge in [-0.1, -0.05) is 19.8 Å². The minimum Gasteiger partial charge on any atom is -0.330 e. The predicted octanol–water partition coefficient (Wildman–Crippen LogP) is 1.45. The van der Waals surface area contributed by atoms with Crippen LogP contribution in [0.3, 0.4) is 0 Å². The van der Waals surface area contributed by atoms with Crippen LogP contribution in [0.4, 0.5) is 5.82 Å². The van der Waals surface area contributed by atoms with Gasteiger partial charge in [-0.05, 0) is 37.2 Å². The highest BCUT2D eigenvalue weighted by atomic mass is 16.5. The van der Waals surface area contributed by atoms with Gasteiger partial charge in [0.2, 0.25) is 18.2 Å². The second kappa shape index (κ2) is 8.64. The van der Waals surface area contributed by atoms with Crippen molar-refractivity contribution in [3.05, 3.63) is 18.6 Å². The first-order valence-electron chi connectivity index (χ1n) is 9.76. The molecule has 152 valence electrons. The van der Waals surface area contributed by atoms with Crippen molar-refractivity contribution in [3.63, 3.8) is 0 Å². The molecule has 2 N–H and O–H groups in total. The average Bonchev–Trinajstić information content (AvgIpc) is 3.35. The van der Waals surface area contributed by atoms with E-state index in [0.717, 1.165) is 25.7 Å². The fraction of sp³-hybridized carbons (Fsp3) is 0.632. The maximum Gasteiger partial charge on any atom is 0.248 e. The number of hydroxylamine groups is 2. The topological polar surface area (TPSA) is 116 Å². The summed E-state index contributed by atoms with van der Waals surface area (Å²) >= 11 is 0. The van der Waals surface area contributed by atoms with Crippen molar-refractivity contribution in [2.24, 2.45) is 11.3 Å². The molecule has 1 saturated carbocycles. The highest BCUT2D eigenvalue weighted by Crippen LogP contribution is 2.55. The molecule has 0 aromatic carbocycles. The van der Waals surface area contributed by atoms with Crippen molar-refractivity contribution < 1.29 is 19.6 Å². The standard InChI is InChI=1S/C19H27N5O4/c1-2-3-4-14(10-23(28)13-25)18(27)24-11-19(6-7-19)9-15(24)17(26)22-16-5-8-20-12-21-16/h5,8,12-15,28H,2-4,6-7,9-11H2,1H3,(H,20,21,22,26)/t14-,15?/m1/s1. The third-order valence-corrected chi connectivity index (χ3v) is 5.67. The summed E-state index contributed by atoms with van der Waals surface area (Å²) in [6, 6.07) is 1.03. The van der Waals surface area contributed by atoms with Gasteiger partial charge in [0.25, 0.3) is 0 Å². The molecule has 1 spiro atoms. The third kappa shape index (κ3) is 4.64. The molecule has 2 fully saturated rings. The number of anilines is 1. The summed E-state index contributed by atoms with van der Waals surface area (Å²) < 4.78 is 0. The lowest BCUT2D eigenvalue weighted by Gasteiger charge is -2.29. The molecule has 28 heavy (non-hydrogen) atoms. The van der Waals surface area contributed by atoms with Crippen LogP contribution in [-0.2, 0) is 14.4 Å². The van der Waals surface area contributed by atoms with E-state index in [-0.39, 0.29) is 23.8 Å². The number of carbonyl (C=O) groups excluding carboxylic acids is 3. The van der Waals surface area contributed by atoms with E-state index < -0.39 is 12.0 Å². The zero-order chi connectivity index (χ0) is 20.1. The number of unbranched alkanes of at least 4 members (excludes halogenated alkanes) is 1. The van der Waals surface area contributed by atoms with E-state index in [9.17, 15) is 19.6 Å². The van der Waals surface area contributed by atoms with Gasteiger partial charge in [0.05, 0.1) is 12.5 Å². The minimum atomic E-state index is -0.572. The Morgan fingerprint density at radius 3 is 2.89 bits per heavy atom. The Morgan fingerprint density at radius 2 is 2.29 bits per heavy atom. The zero-order valence-corrected chi connectivity index (χ0v) is 16.1. The van der Waals surface area contributed by atoms with E-state index in [1.807, 2.05) is 6.92 Å². The fourth-order valence-corrected chi connectivity index (χ4v) is 3.88. The Balaban J connectivity index is 1.74. The summed E-state index contributed by atoms with van der Waals surface area (Å²) in [5.41, 5.74) is 0.0300. The Hall–Kier alpha value is -2.55. The SMILES string of the molecule is CCCC[C@H](CN(O)C=O)C(=O)N1CC2(CC2)CC1C(=O)Nc1ccncn1. The molecule has 9 nitrogen and oxygen atoms in total. The first-order valence-corrected chi connectivity index (χ1v) is 9.76. The number of aromatic nitrogens is 2.